The Balaban J connectivity index is 2.20. The van der Waals surface area contributed by atoms with E-state index in [1.54, 1.807) is 24.4 Å². The van der Waals surface area contributed by atoms with Crippen molar-refractivity contribution in [2.24, 2.45) is 0 Å². The minimum Gasteiger partial charge on any atom is -0.383 e. The third kappa shape index (κ3) is 3.44. The number of nitrogens with one attached hydrogen (secondary N) is 2. The minimum absolute atomic E-state index is 0.0207. The summed E-state index contributed by atoms with van der Waals surface area (Å²) in [5, 5.41) is 17.3. The summed E-state index contributed by atoms with van der Waals surface area (Å²) in [6, 6.07) is 6.38. The first-order valence-electron chi connectivity index (χ1n) is 6.66. The van der Waals surface area contributed by atoms with Crippen molar-refractivity contribution in [3.05, 3.63) is 40.6 Å². The average Bonchev–Trinajstić information content (AvgIpc) is 2.47. The molecular weight excluding hydrogens is 272 g/mol. The molecule has 0 aliphatic heterocycles. The highest BCUT2D eigenvalue weighted by atomic mass is 16.6. The van der Waals surface area contributed by atoms with Gasteiger partial charge in [0.2, 0.25) is 5.91 Å². The van der Waals surface area contributed by atoms with Crippen molar-refractivity contribution < 1.29 is 9.72 Å². The number of benzene rings is 1. The van der Waals surface area contributed by atoms with Crippen LogP contribution in [0.15, 0.2) is 30.5 Å². The lowest BCUT2D eigenvalue weighted by Gasteiger charge is -2.09. The van der Waals surface area contributed by atoms with Crippen LogP contribution in [-0.2, 0) is 4.79 Å². The Labute approximate surface area is 121 Å². The number of nitro groups is 1. The number of aromatic nitrogens is 1. The summed E-state index contributed by atoms with van der Waals surface area (Å²) in [5.74, 6) is -0.0378. The summed E-state index contributed by atoms with van der Waals surface area (Å²) >= 11 is 0. The number of nitro benzene ring substituents is 1. The summed E-state index contributed by atoms with van der Waals surface area (Å²) in [5.41, 5.74) is 1.23. The molecule has 2 N–H and O–H groups in total. The molecule has 1 heterocycles. The molecule has 0 aliphatic rings. The second-order valence-corrected chi connectivity index (χ2v) is 4.42. The van der Waals surface area contributed by atoms with E-state index in [4.69, 9.17) is 0 Å². The number of hydrogen-bond acceptors (Lipinski definition) is 5. The predicted octanol–water partition coefficient (Wildman–Crippen LogP) is 2.08. The molecule has 21 heavy (non-hydrogen) atoms. The van der Waals surface area contributed by atoms with Gasteiger partial charge in [0.05, 0.1) is 16.0 Å². The van der Waals surface area contributed by atoms with Crippen LogP contribution in [0.1, 0.15) is 13.3 Å². The summed E-state index contributed by atoms with van der Waals surface area (Å²) < 4.78 is 0. The van der Waals surface area contributed by atoms with Gasteiger partial charge in [0.15, 0.2) is 0 Å². The third-order valence-electron chi connectivity index (χ3n) is 2.98. The van der Waals surface area contributed by atoms with Crippen molar-refractivity contribution in [2.75, 3.05) is 18.4 Å². The Bertz CT molecular complexity index is 672. The van der Waals surface area contributed by atoms with Crippen LogP contribution in [0.4, 0.5) is 11.4 Å². The molecule has 0 saturated heterocycles. The first-order valence-corrected chi connectivity index (χ1v) is 6.66. The first kappa shape index (κ1) is 14.7. The lowest BCUT2D eigenvalue weighted by atomic mass is 10.1. The summed E-state index contributed by atoms with van der Waals surface area (Å²) in [4.78, 5) is 26.2. The van der Waals surface area contributed by atoms with Crippen LogP contribution in [0.25, 0.3) is 10.9 Å². The van der Waals surface area contributed by atoms with Crippen molar-refractivity contribution >= 4 is 28.2 Å². The number of carbonyl (C=O) groups excluding carboxylic acids is 1. The highest BCUT2D eigenvalue weighted by Gasteiger charge is 2.14. The van der Waals surface area contributed by atoms with E-state index in [2.05, 4.69) is 15.6 Å². The molecule has 1 amide bonds. The zero-order chi connectivity index (χ0) is 15.2. The third-order valence-corrected chi connectivity index (χ3v) is 2.98. The van der Waals surface area contributed by atoms with E-state index in [0.717, 1.165) is 0 Å². The molecule has 0 bridgehead atoms. The molecule has 0 spiro atoms. The van der Waals surface area contributed by atoms with Gasteiger partial charge in [-0.2, -0.15) is 0 Å². The summed E-state index contributed by atoms with van der Waals surface area (Å²) in [7, 11) is 0. The van der Waals surface area contributed by atoms with Crippen LogP contribution in [0, 0.1) is 10.1 Å². The van der Waals surface area contributed by atoms with Gasteiger partial charge < -0.3 is 10.6 Å². The number of hydrogen-bond donors (Lipinski definition) is 2. The molecule has 0 saturated carbocycles. The Morgan fingerprint density at radius 3 is 2.90 bits per heavy atom. The molecule has 0 aliphatic carbocycles. The molecule has 1 aromatic heterocycles. The standard InChI is InChI=1S/C14H16N4O3/c1-2-15-13(19)7-9-16-11-5-6-12(18(20)21)10-4-3-8-17-14(10)11/h3-6,8,16H,2,7,9H2,1H3,(H,15,19). The fourth-order valence-corrected chi connectivity index (χ4v) is 2.06. The van der Waals surface area contributed by atoms with Crippen molar-refractivity contribution in [1.29, 1.82) is 0 Å². The van der Waals surface area contributed by atoms with Gasteiger partial charge in [0, 0.05) is 31.8 Å². The Kier molecular flexibility index (Phi) is 4.65. The SMILES string of the molecule is CCNC(=O)CCNc1ccc([N+](=O)[O-])c2cccnc12. The van der Waals surface area contributed by atoms with Gasteiger partial charge in [-0.1, -0.05) is 0 Å². The van der Waals surface area contributed by atoms with Crippen LogP contribution < -0.4 is 10.6 Å². The van der Waals surface area contributed by atoms with Crippen molar-refractivity contribution in [2.45, 2.75) is 13.3 Å². The van der Waals surface area contributed by atoms with E-state index >= 15 is 0 Å². The molecule has 2 rings (SSSR count). The number of pyridine rings is 1. The average molecular weight is 288 g/mol. The number of non-ortho nitro benzene ring substituents is 1. The van der Waals surface area contributed by atoms with Gasteiger partial charge in [-0.25, -0.2) is 0 Å². The van der Waals surface area contributed by atoms with Crippen LogP contribution in [0.3, 0.4) is 0 Å². The fraction of sp³-hybridized carbons (Fsp3) is 0.286. The maximum Gasteiger partial charge on any atom is 0.278 e. The van der Waals surface area contributed by atoms with Crippen LogP contribution in [0.2, 0.25) is 0 Å². The molecule has 0 atom stereocenters. The maximum absolute atomic E-state index is 11.4. The topological polar surface area (TPSA) is 97.2 Å². The lowest BCUT2D eigenvalue weighted by Crippen LogP contribution is -2.24. The Hall–Kier alpha value is -2.70. The molecule has 2 aromatic rings. The molecule has 110 valence electrons. The molecule has 0 radical (unpaired) electrons. The van der Waals surface area contributed by atoms with Gasteiger partial charge in [-0.05, 0) is 25.1 Å². The van der Waals surface area contributed by atoms with Gasteiger partial charge in [-0.15, -0.1) is 0 Å². The molecule has 7 nitrogen and oxygen atoms in total. The van der Waals surface area contributed by atoms with E-state index in [9.17, 15) is 14.9 Å². The second-order valence-electron chi connectivity index (χ2n) is 4.42. The monoisotopic (exact) mass is 288 g/mol. The molecule has 0 fully saturated rings. The van der Waals surface area contributed by atoms with E-state index < -0.39 is 4.92 Å². The Morgan fingerprint density at radius 1 is 1.38 bits per heavy atom. The molecular formula is C14H16N4O3. The van der Waals surface area contributed by atoms with Crippen molar-refractivity contribution in [3.8, 4) is 0 Å². The van der Waals surface area contributed by atoms with Gasteiger partial charge in [-0.3, -0.25) is 19.9 Å². The number of rotatable bonds is 6. The second kappa shape index (κ2) is 6.65. The van der Waals surface area contributed by atoms with Crippen molar-refractivity contribution in [1.82, 2.24) is 10.3 Å². The largest absolute Gasteiger partial charge is 0.383 e. The summed E-state index contributed by atoms with van der Waals surface area (Å²) in [6.45, 7) is 2.90. The normalized spacial score (nSPS) is 10.3. The quantitative estimate of drug-likeness (QED) is 0.626. The molecule has 7 heteroatoms. The van der Waals surface area contributed by atoms with Gasteiger partial charge in [0.1, 0.15) is 5.52 Å². The number of anilines is 1. The fourth-order valence-electron chi connectivity index (χ4n) is 2.06. The smallest absolute Gasteiger partial charge is 0.278 e. The molecule has 1 aromatic carbocycles. The predicted molar refractivity (Wildman–Crippen MR) is 80.2 cm³/mol. The number of nitrogens with zero attached hydrogens (tertiary/aromatic N) is 2. The van der Waals surface area contributed by atoms with Crippen LogP contribution >= 0.6 is 0 Å². The zero-order valence-electron chi connectivity index (χ0n) is 11.6. The van der Waals surface area contributed by atoms with E-state index in [-0.39, 0.29) is 11.6 Å². The number of carbonyl (C=O) groups is 1. The van der Waals surface area contributed by atoms with Gasteiger partial charge in [0.25, 0.3) is 5.69 Å². The highest BCUT2D eigenvalue weighted by molar-refractivity contribution is 5.96. The van der Waals surface area contributed by atoms with E-state index in [0.29, 0.717) is 36.1 Å². The first-order chi connectivity index (χ1) is 10.1. The van der Waals surface area contributed by atoms with E-state index in [1.807, 2.05) is 6.92 Å². The summed E-state index contributed by atoms with van der Waals surface area (Å²) in [6.07, 6.45) is 1.92. The lowest BCUT2D eigenvalue weighted by molar-refractivity contribution is -0.383. The van der Waals surface area contributed by atoms with Crippen LogP contribution in [-0.4, -0.2) is 28.9 Å². The Morgan fingerprint density at radius 2 is 2.19 bits per heavy atom. The molecule has 0 unspecified atom stereocenters. The van der Waals surface area contributed by atoms with Crippen LogP contribution in [0.5, 0.6) is 0 Å². The maximum atomic E-state index is 11.4. The zero-order valence-corrected chi connectivity index (χ0v) is 11.6. The minimum atomic E-state index is -0.428. The van der Waals surface area contributed by atoms with Gasteiger partial charge >= 0.3 is 0 Å². The highest BCUT2D eigenvalue weighted by Crippen LogP contribution is 2.29. The van der Waals surface area contributed by atoms with E-state index in [1.165, 1.54) is 6.07 Å². The number of fused-ring (bicyclic) bond motifs is 1. The van der Waals surface area contributed by atoms with Crippen molar-refractivity contribution in [3.63, 3.8) is 0 Å². The number of amides is 1.